The molecule has 1 amide bonds. The van der Waals surface area contributed by atoms with E-state index < -0.39 is 0 Å². The molecule has 2 rings (SSSR count). The highest BCUT2D eigenvalue weighted by atomic mass is 16.2. The predicted molar refractivity (Wildman–Crippen MR) is 60.5 cm³/mol. The molecule has 1 aromatic rings. The van der Waals surface area contributed by atoms with E-state index in [1.807, 2.05) is 12.1 Å². The minimum Gasteiger partial charge on any atom is -0.353 e. The molecular weight excluding hydrogens is 204 g/mol. The largest absolute Gasteiger partial charge is 0.353 e. The Bertz CT molecular complexity index is 354. The fourth-order valence-corrected chi connectivity index (χ4v) is 1.93. The van der Waals surface area contributed by atoms with E-state index in [9.17, 15) is 4.79 Å². The molecule has 5 nitrogen and oxygen atoms in total. The van der Waals surface area contributed by atoms with Crippen LogP contribution in [0.1, 0.15) is 5.56 Å². The summed E-state index contributed by atoms with van der Waals surface area (Å²) in [6, 6.07) is 3.71. The van der Waals surface area contributed by atoms with E-state index in [0.29, 0.717) is 13.1 Å². The first-order valence-corrected chi connectivity index (χ1v) is 5.42. The third-order valence-electron chi connectivity index (χ3n) is 2.80. The van der Waals surface area contributed by atoms with E-state index in [1.54, 1.807) is 12.4 Å². The van der Waals surface area contributed by atoms with Crippen molar-refractivity contribution in [3.8, 4) is 0 Å². The molecule has 3 N–H and O–H groups in total. The van der Waals surface area contributed by atoms with Crippen LogP contribution in [0.3, 0.4) is 0 Å². The lowest BCUT2D eigenvalue weighted by Gasteiger charge is -2.34. The summed E-state index contributed by atoms with van der Waals surface area (Å²) in [7, 11) is 0. The van der Waals surface area contributed by atoms with Crippen LogP contribution in [-0.2, 0) is 11.3 Å². The molecule has 1 unspecified atom stereocenters. The second kappa shape index (κ2) is 5.05. The number of aromatic nitrogens is 1. The average Bonchev–Trinajstić information content (AvgIpc) is 2.31. The molecular formula is C11H16N4O. The van der Waals surface area contributed by atoms with Crippen molar-refractivity contribution in [2.45, 2.75) is 12.6 Å². The lowest BCUT2D eigenvalue weighted by molar-refractivity contribution is -0.128. The third kappa shape index (κ3) is 2.37. The molecule has 0 radical (unpaired) electrons. The number of hydrogen-bond donors (Lipinski definition) is 2. The van der Waals surface area contributed by atoms with E-state index in [0.717, 1.165) is 18.7 Å². The number of rotatable bonds is 3. The van der Waals surface area contributed by atoms with Crippen LogP contribution in [0, 0.1) is 0 Å². The van der Waals surface area contributed by atoms with Gasteiger partial charge in [0.15, 0.2) is 0 Å². The summed E-state index contributed by atoms with van der Waals surface area (Å²) in [5, 5.41) is 2.83. The van der Waals surface area contributed by atoms with Crippen LogP contribution in [0.5, 0.6) is 0 Å². The first kappa shape index (κ1) is 11.0. The van der Waals surface area contributed by atoms with Crippen LogP contribution in [0.15, 0.2) is 24.5 Å². The molecule has 2 heterocycles. The first-order chi connectivity index (χ1) is 7.81. The Kier molecular flexibility index (Phi) is 3.48. The van der Waals surface area contributed by atoms with Gasteiger partial charge in [0, 0.05) is 38.6 Å². The zero-order valence-electron chi connectivity index (χ0n) is 9.10. The van der Waals surface area contributed by atoms with Gasteiger partial charge in [-0.05, 0) is 17.7 Å². The number of piperazine rings is 1. The molecule has 5 heteroatoms. The fraction of sp³-hybridized carbons (Fsp3) is 0.455. The van der Waals surface area contributed by atoms with Gasteiger partial charge in [-0.15, -0.1) is 0 Å². The van der Waals surface area contributed by atoms with Gasteiger partial charge in [-0.3, -0.25) is 14.7 Å². The van der Waals surface area contributed by atoms with Gasteiger partial charge >= 0.3 is 0 Å². The lowest BCUT2D eigenvalue weighted by Crippen LogP contribution is -2.57. The standard InChI is InChI=1S/C11H16N4O/c12-7-10-11(16)14-5-6-15(10)8-9-1-3-13-4-2-9/h1-4,10H,5-8,12H2,(H,14,16). The topological polar surface area (TPSA) is 71.2 Å². The van der Waals surface area contributed by atoms with Crippen LogP contribution < -0.4 is 11.1 Å². The number of hydrogen-bond acceptors (Lipinski definition) is 4. The monoisotopic (exact) mass is 220 g/mol. The van der Waals surface area contributed by atoms with Crippen molar-refractivity contribution in [1.29, 1.82) is 0 Å². The van der Waals surface area contributed by atoms with Crippen molar-refractivity contribution in [2.75, 3.05) is 19.6 Å². The Morgan fingerprint density at radius 1 is 1.50 bits per heavy atom. The second-order valence-corrected chi connectivity index (χ2v) is 3.87. The number of nitrogens with zero attached hydrogens (tertiary/aromatic N) is 2. The number of nitrogens with two attached hydrogens (primary N) is 1. The predicted octanol–water partition coefficient (Wildman–Crippen LogP) is -0.659. The zero-order valence-corrected chi connectivity index (χ0v) is 9.10. The van der Waals surface area contributed by atoms with Crippen LogP contribution in [0.4, 0.5) is 0 Å². The van der Waals surface area contributed by atoms with Crippen molar-refractivity contribution in [3.63, 3.8) is 0 Å². The molecule has 1 fully saturated rings. The molecule has 1 aliphatic rings. The Morgan fingerprint density at radius 3 is 2.94 bits per heavy atom. The maximum absolute atomic E-state index is 11.6. The Morgan fingerprint density at radius 2 is 2.25 bits per heavy atom. The van der Waals surface area contributed by atoms with Crippen LogP contribution in [0.25, 0.3) is 0 Å². The number of pyridine rings is 1. The molecule has 0 aromatic carbocycles. The van der Waals surface area contributed by atoms with Crippen LogP contribution in [0.2, 0.25) is 0 Å². The highest BCUT2D eigenvalue weighted by molar-refractivity contribution is 5.82. The number of amides is 1. The summed E-state index contributed by atoms with van der Waals surface area (Å²) in [5.41, 5.74) is 6.78. The van der Waals surface area contributed by atoms with Crippen molar-refractivity contribution in [2.24, 2.45) is 5.73 Å². The maximum atomic E-state index is 11.6. The summed E-state index contributed by atoms with van der Waals surface area (Å²) in [4.78, 5) is 17.7. The van der Waals surface area contributed by atoms with Crippen LogP contribution >= 0.6 is 0 Å². The van der Waals surface area contributed by atoms with Gasteiger partial charge in [-0.1, -0.05) is 0 Å². The second-order valence-electron chi connectivity index (χ2n) is 3.87. The summed E-state index contributed by atoms with van der Waals surface area (Å²) >= 11 is 0. The third-order valence-corrected chi connectivity index (χ3v) is 2.80. The highest BCUT2D eigenvalue weighted by Gasteiger charge is 2.27. The summed E-state index contributed by atoms with van der Waals surface area (Å²) < 4.78 is 0. The fourth-order valence-electron chi connectivity index (χ4n) is 1.93. The minimum absolute atomic E-state index is 0.0304. The van der Waals surface area contributed by atoms with Gasteiger partial charge in [0.1, 0.15) is 6.04 Å². The highest BCUT2D eigenvalue weighted by Crippen LogP contribution is 2.09. The van der Waals surface area contributed by atoms with Gasteiger partial charge in [-0.2, -0.15) is 0 Å². The molecule has 1 aliphatic heterocycles. The molecule has 1 atom stereocenters. The molecule has 0 bridgehead atoms. The Hall–Kier alpha value is -1.46. The minimum atomic E-state index is -0.207. The first-order valence-electron chi connectivity index (χ1n) is 5.42. The molecule has 0 aliphatic carbocycles. The average molecular weight is 220 g/mol. The maximum Gasteiger partial charge on any atom is 0.238 e. The summed E-state index contributed by atoms with van der Waals surface area (Å²) in [5.74, 6) is 0.0304. The molecule has 1 saturated heterocycles. The van der Waals surface area contributed by atoms with Crippen molar-refractivity contribution in [1.82, 2.24) is 15.2 Å². The van der Waals surface area contributed by atoms with Gasteiger partial charge in [-0.25, -0.2) is 0 Å². The smallest absolute Gasteiger partial charge is 0.238 e. The Balaban J connectivity index is 2.05. The quantitative estimate of drug-likeness (QED) is 0.709. The van der Waals surface area contributed by atoms with E-state index >= 15 is 0 Å². The van der Waals surface area contributed by atoms with E-state index in [4.69, 9.17) is 5.73 Å². The molecule has 86 valence electrons. The summed E-state index contributed by atoms with van der Waals surface area (Å²) in [6.45, 7) is 2.64. The van der Waals surface area contributed by atoms with Gasteiger partial charge in [0.05, 0.1) is 0 Å². The molecule has 0 spiro atoms. The number of nitrogens with one attached hydrogen (secondary N) is 1. The Labute approximate surface area is 94.6 Å². The van der Waals surface area contributed by atoms with Gasteiger partial charge < -0.3 is 11.1 Å². The SMILES string of the molecule is NCC1C(=O)NCCN1Cc1ccncc1. The lowest BCUT2D eigenvalue weighted by atomic mass is 10.1. The van der Waals surface area contributed by atoms with E-state index in [-0.39, 0.29) is 11.9 Å². The van der Waals surface area contributed by atoms with Gasteiger partial charge in [0.25, 0.3) is 0 Å². The van der Waals surface area contributed by atoms with Crippen molar-refractivity contribution >= 4 is 5.91 Å². The van der Waals surface area contributed by atoms with E-state index in [1.165, 1.54) is 0 Å². The van der Waals surface area contributed by atoms with Crippen LogP contribution in [-0.4, -0.2) is 41.5 Å². The molecule has 0 saturated carbocycles. The van der Waals surface area contributed by atoms with Crippen molar-refractivity contribution in [3.05, 3.63) is 30.1 Å². The molecule has 1 aromatic heterocycles. The number of carbonyl (C=O) groups is 1. The van der Waals surface area contributed by atoms with Gasteiger partial charge in [0.2, 0.25) is 5.91 Å². The normalized spacial score (nSPS) is 21.8. The number of carbonyl (C=O) groups excluding carboxylic acids is 1. The zero-order chi connectivity index (χ0) is 11.4. The molecule has 16 heavy (non-hydrogen) atoms. The van der Waals surface area contributed by atoms with Crippen molar-refractivity contribution < 1.29 is 4.79 Å². The summed E-state index contributed by atoms with van der Waals surface area (Å²) in [6.07, 6.45) is 3.52. The van der Waals surface area contributed by atoms with E-state index in [2.05, 4.69) is 15.2 Å².